The molecule has 2 N–H and O–H groups in total. The van der Waals surface area contributed by atoms with Gasteiger partial charge in [-0.25, -0.2) is 5.48 Å². The maximum atomic E-state index is 11.3. The van der Waals surface area contributed by atoms with Gasteiger partial charge >= 0.3 is 0 Å². The minimum absolute atomic E-state index is 0.444. The van der Waals surface area contributed by atoms with Crippen LogP contribution in [-0.4, -0.2) is 11.1 Å². The van der Waals surface area contributed by atoms with Crippen molar-refractivity contribution in [1.82, 2.24) is 5.48 Å². The Morgan fingerprint density at radius 3 is 2.54 bits per heavy atom. The van der Waals surface area contributed by atoms with E-state index in [0.717, 1.165) is 34.4 Å². The van der Waals surface area contributed by atoms with Crippen molar-refractivity contribution in [2.24, 2.45) is 0 Å². The van der Waals surface area contributed by atoms with Gasteiger partial charge in [-0.2, -0.15) is 0 Å². The monoisotopic (exact) mass is 351 g/mol. The summed E-state index contributed by atoms with van der Waals surface area (Å²) < 4.78 is 6.16. The standard InChI is InChI=1S/C22H25NO3/c1-16(2)9-13-20-17(3)10-11-19(12-14-21(24)23-25)22(20)26-15-18-7-5-4-6-8-18/h4-12,14,25H,13,15H2,1-3H3,(H,23,24)/b14-12-. The van der Waals surface area contributed by atoms with E-state index >= 15 is 0 Å². The van der Waals surface area contributed by atoms with Crippen molar-refractivity contribution in [3.8, 4) is 5.75 Å². The highest BCUT2D eigenvalue weighted by Gasteiger charge is 2.11. The van der Waals surface area contributed by atoms with Crippen LogP contribution in [0.2, 0.25) is 0 Å². The van der Waals surface area contributed by atoms with Crippen LogP contribution in [0.5, 0.6) is 5.75 Å². The van der Waals surface area contributed by atoms with Crippen molar-refractivity contribution in [2.45, 2.75) is 33.8 Å². The summed E-state index contributed by atoms with van der Waals surface area (Å²) in [6.07, 6.45) is 5.85. The maximum Gasteiger partial charge on any atom is 0.267 e. The molecule has 26 heavy (non-hydrogen) atoms. The molecule has 0 fully saturated rings. The first-order valence-corrected chi connectivity index (χ1v) is 8.56. The second-order valence-electron chi connectivity index (χ2n) is 6.35. The fourth-order valence-corrected chi connectivity index (χ4v) is 2.54. The molecule has 0 aromatic heterocycles. The van der Waals surface area contributed by atoms with Crippen LogP contribution < -0.4 is 10.2 Å². The van der Waals surface area contributed by atoms with E-state index < -0.39 is 5.91 Å². The third-order valence-corrected chi connectivity index (χ3v) is 3.99. The van der Waals surface area contributed by atoms with Crippen LogP contribution in [0.4, 0.5) is 0 Å². The molecule has 0 atom stereocenters. The Morgan fingerprint density at radius 1 is 1.15 bits per heavy atom. The summed E-state index contributed by atoms with van der Waals surface area (Å²) in [5.74, 6) is 0.179. The normalized spacial score (nSPS) is 10.6. The van der Waals surface area contributed by atoms with E-state index in [-0.39, 0.29) is 0 Å². The molecule has 4 heteroatoms. The number of hydroxylamine groups is 1. The van der Waals surface area contributed by atoms with Crippen LogP contribution in [0.25, 0.3) is 6.08 Å². The minimum atomic E-state index is -0.578. The fourth-order valence-electron chi connectivity index (χ4n) is 2.54. The maximum absolute atomic E-state index is 11.3. The number of benzene rings is 2. The van der Waals surface area contributed by atoms with Gasteiger partial charge in [0, 0.05) is 17.2 Å². The van der Waals surface area contributed by atoms with Gasteiger partial charge in [0.15, 0.2) is 0 Å². The van der Waals surface area contributed by atoms with Gasteiger partial charge in [-0.1, -0.05) is 54.1 Å². The second kappa shape index (κ2) is 9.59. The average Bonchev–Trinajstić information content (AvgIpc) is 2.64. The van der Waals surface area contributed by atoms with Crippen LogP contribution in [0.1, 0.15) is 36.1 Å². The summed E-state index contributed by atoms with van der Waals surface area (Å²) in [7, 11) is 0. The molecule has 0 aliphatic rings. The van der Waals surface area contributed by atoms with Gasteiger partial charge in [0.05, 0.1) is 0 Å². The Hall–Kier alpha value is -2.85. The van der Waals surface area contributed by atoms with E-state index in [1.165, 1.54) is 11.6 Å². The number of hydrogen-bond acceptors (Lipinski definition) is 3. The average molecular weight is 351 g/mol. The van der Waals surface area contributed by atoms with Gasteiger partial charge in [-0.05, 0) is 44.4 Å². The van der Waals surface area contributed by atoms with E-state index in [4.69, 9.17) is 9.94 Å². The van der Waals surface area contributed by atoms with E-state index in [1.807, 2.05) is 42.5 Å². The Labute approximate surface area is 154 Å². The molecular weight excluding hydrogens is 326 g/mol. The molecule has 0 spiro atoms. The van der Waals surface area contributed by atoms with Crippen LogP contribution in [0.15, 0.2) is 60.2 Å². The first-order valence-electron chi connectivity index (χ1n) is 8.56. The van der Waals surface area contributed by atoms with Gasteiger partial charge in [-0.15, -0.1) is 0 Å². The SMILES string of the molecule is CC(C)=CCc1c(C)ccc(/C=C\C(=O)NO)c1OCc1ccccc1. The zero-order chi connectivity index (χ0) is 18.9. The number of ether oxygens (including phenoxy) is 1. The number of amides is 1. The van der Waals surface area contributed by atoms with Crippen molar-refractivity contribution >= 4 is 12.0 Å². The number of hydrogen-bond donors (Lipinski definition) is 2. The highest BCUT2D eigenvalue weighted by molar-refractivity contribution is 5.91. The molecular formula is C22H25NO3. The molecule has 0 saturated heterocycles. The van der Waals surface area contributed by atoms with Crippen molar-refractivity contribution in [3.05, 3.63) is 82.4 Å². The number of rotatable bonds is 7. The highest BCUT2D eigenvalue weighted by atomic mass is 16.5. The third-order valence-electron chi connectivity index (χ3n) is 3.99. The number of carbonyl (C=O) groups excluding carboxylic acids is 1. The summed E-state index contributed by atoms with van der Waals surface area (Å²) in [6.45, 7) is 6.63. The van der Waals surface area contributed by atoms with E-state index in [0.29, 0.717) is 6.61 Å². The van der Waals surface area contributed by atoms with Crippen LogP contribution in [-0.2, 0) is 17.8 Å². The predicted octanol–water partition coefficient (Wildman–Crippen LogP) is 4.60. The van der Waals surface area contributed by atoms with Gasteiger partial charge in [0.1, 0.15) is 12.4 Å². The Morgan fingerprint density at radius 2 is 1.88 bits per heavy atom. The molecule has 2 aromatic carbocycles. The Kier molecular flexibility index (Phi) is 7.18. The number of aryl methyl sites for hydroxylation is 1. The topological polar surface area (TPSA) is 58.6 Å². The molecule has 136 valence electrons. The Balaban J connectivity index is 2.39. The largest absolute Gasteiger partial charge is 0.488 e. The van der Waals surface area contributed by atoms with E-state index in [2.05, 4.69) is 26.8 Å². The van der Waals surface area contributed by atoms with Crippen LogP contribution in [0.3, 0.4) is 0 Å². The summed E-state index contributed by atoms with van der Waals surface area (Å²) in [4.78, 5) is 11.3. The fraction of sp³-hybridized carbons (Fsp3) is 0.227. The number of carbonyl (C=O) groups is 1. The molecule has 0 aliphatic carbocycles. The summed E-state index contributed by atoms with van der Waals surface area (Å²) in [5, 5.41) is 8.69. The summed E-state index contributed by atoms with van der Waals surface area (Å²) in [6, 6.07) is 13.9. The Bertz CT molecular complexity index is 804. The minimum Gasteiger partial charge on any atom is -0.488 e. The predicted molar refractivity (Wildman–Crippen MR) is 104 cm³/mol. The van der Waals surface area contributed by atoms with Crippen molar-refractivity contribution < 1.29 is 14.7 Å². The molecule has 0 aliphatic heterocycles. The lowest BCUT2D eigenvalue weighted by molar-refractivity contribution is -0.124. The van der Waals surface area contributed by atoms with Gasteiger partial charge in [0.25, 0.3) is 5.91 Å². The molecule has 0 heterocycles. The zero-order valence-corrected chi connectivity index (χ0v) is 15.5. The molecule has 0 radical (unpaired) electrons. The van der Waals surface area contributed by atoms with Crippen LogP contribution in [0, 0.1) is 6.92 Å². The highest BCUT2D eigenvalue weighted by Crippen LogP contribution is 2.30. The van der Waals surface area contributed by atoms with Gasteiger partial charge in [-0.3, -0.25) is 10.0 Å². The first kappa shape index (κ1) is 19.5. The lowest BCUT2D eigenvalue weighted by atomic mass is 9.99. The van der Waals surface area contributed by atoms with Crippen molar-refractivity contribution in [2.75, 3.05) is 0 Å². The third kappa shape index (κ3) is 5.60. The molecule has 0 bridgehead atoms. The van der Waals surface area contributed by atoms with E-state index in [9.17, 15) is 4.79 Å². The second-order valence-corrected chi connectivity index (χ2v) is 6.35. The lowest BCUT2D eigenvalue weighted by Gasteiger charge is -2.16. The molecule has 0 saturated carbocycles. The number of allylic oxidation sites excluding steroid dienone is 2. The van der Waals surface area contributed by atoms with Crippen molar-refractivity contribution in [1.29, 1.82) is 0 Å². The molecule has 0 unspecified atom stereocenters. The number of nitrogens with one attached hydrogen (secondary N) is 1. The lowest BCUT2D eigenvalue weighted by Crippen LogP contribution is -2.14. The molecule has 4 nitrogen and oxygen atoms in total. The van der Waals surface area contributed by atoms with Gasteiger partial charge < -0.3 is 4.74 Å². The van der Waals surface area contributed by atoms with Crippen molar-refractivity contribution in [3.63, 3.8) is 0 Å². The summed E-state index contributed by atoms with van der Waals surface area (Å²) in [5.41, 5.74) is 6.94. The smallest absolute Gasteiger partial charge is 0.267 e. The van der Waals surface area contributed by atoms with Gasteiger partial charge in [0.2, 0.25) is 0 Å². The zero-order valence-electron chi connectivity index (χ0n) is 15.5. The summed E-state index contributed by atoms with van der Waals surface area (Å²) >= 11 is 0. The quantitative estimate of drug-likeness (QED) is 0.332. The van der Waals surface area contributed by atoms with Crippen LogP contribution >= 0.6 is 0 Å². The first-order chi connectivity index (χ1) is 12.5. The van der Waals surface area contributed by atoms with E-state index in [1.54, 1.807) is 11.6 Å². The molecule has 1 amide bonds. The molecule has 2 rings (SSSR count). The molecule has 2 aromatic rings.